The fourth-order valence-corrected chi connectivity index (χ4v) is 2.85. The maximum absolute atomic E-state index is 12.0. The van der Waals surface area contributed by atoms with E-state index in [1.807, 2.05) is 0 Å². The molecule has 0 radical (unpaired) electrons. The molecule has 0 aromatic carbocycles. The summed E-state index contributed by atoms with van der Waals surface area (Å²) in [5, 5.41) is 0. The lowest BCUT2D eigenvalue weighted by Crippen LogP contribution is -2.51. The smallest absolute Gasteiger partial charge is 0.282 e. The number of ether oxygens (including phenoxy) is 1. The molecule has 15 heavy (non-hydrogen) atoms. The number of likely N-dealkylation sites (N-methyl/N-ethyl adjacent to an activating group) is 1. The maximum Gasteiger partial charge on any atom is 0.282 e. The van der Waals surface area contributed by atoms with Crippen LogP contribution in [0.3, 0.4) is 0 Å². The molecule has 1 atom stereocenters. The third kappa shape index (κ3) is 2.88. The van der Waals surface area contributed by atoms with Crippen molar-refractivity contribution in [2.75, 3.05) is 39.9 Å². The summed E-state index contributed by atoms with van der Waals surface area (Å²) in [6, 6.07) is -0.183. The maximum atomic E-state index is 12.0. The van der Waals surface area contributed by atoms with Gasteiger partial charge in [-0.1, -0.05) is 0 Å². The summed E-state index contributed by atoms with van der Waals surface area (Å²) >= 11 is 0. The van der Waals surface area contributed by atoms with Gasteiger partial charge in [-0.3, -0.25) is 0 Å². The minimum atomic E-state index is -3.37. The summed E-state index contributed by atoms with van der Waals surface area (Å²) in [5.74, 6) is 0. The molecule has 0 aliphatic carbocycles. The Morgan fingerprint density at radius 3 is 2.47 bits per heavy atom. The molecule has 7 heteroatoms. The van der Waals surface area contributed by atoms with E-state index in [9.17, 15) is 8.42 Å². The van der Waals surface area contributed by atoms with Gasteiger partial charge in [0, 0.05) is 32.7 Å². The third-order valence-electron chi connectivity index (χ3n) is 2.62. The van der Waals surface area contributed by atoms with Crippen LogP contribution in [0.2, 0.25) is 0 Å². The first-order valence-electron chi connectivity index (χ1n) is 5.01. The van der Waals surface area contributed by atoms with Crippen molar-refractivity contribution in [2.24, 2.45) is 5.73 Å². The van der Waals surface area contributed by atoms with Crippen LogP contribution in [0.15, 0.2) is 0 Å². The van der Waals surface area contributed by atoms with Crippen LogP contribution in [0.1, 0.15) is 6.92 Å². The molecule has 1 unspecified atom stereocenters. The average Bonchev–Trinajstić information content (AvgIpc) is 2.28. The zero-order chi connectivity index (χ0) is 11.5. The van der Waals surface area contributed by atoms with Gasteiger partial charge in [0.2, 0.25) is 0 Å². The highest BCUT2D eigenvalue weighted by Crippen LogP contribution is 2.11. The summed E-state index contributed by atoms with van der Waals surface area (Å²) in [6.07, 6.45) is 0. The number of hydrogen-bond acceptors (Lipinski definition) is 4. The van der Waals surface area contributed by atoms with Crippen LogP contribution in [-0.4, -0.2) is 63.0 Å². The molecule has 1 saturated heterocycles. The molecular weight excluding hydrogens is 218 g/mol. The minimum absolute atomic E-state index is 0.183. The van der Waals surface area contributed by atoms with Crippen LogP contribution in [0.25, 0.3) is 0 Å². The van der Waals surface area contributed by atoms with E-state index < -0.39 is 10.2 Å². The van der Waals surface area contributed by atoms with Gasteiger partial charge in [-0.2, -0.15) is 17.0 Å². The Balaban J connectivity index is 2.72. The molecule has 90 valence electrons. The Labute approximate surface area is 91.2 Å². The summed E-state index contributed by atoms with van der Waals surface area (Å²) in [5.41, 5.74) is 5.45. The molecule has 1 aliphatic heterocycles. The second-order valence-corrected chi connectivity index (χ2v) is 5.61. The van der Waals surface area contributed by atoms with Crippen molar-refractivity contribution in [3.05, 3.63) is 0 Å². The van der Waals surface area contributed by atoms with E-state index in [1.54, 1.807) is 14.0 Å². The minimum Gasteiger partial charge on any atom is -0.379 e. The first kappa shape index (κ1) is 12.9. The number of hydrogen-bond donors (Lipinski definition) is 1. The van der Waals surface area contributed by atoms with Gasteiger partial charge in [-0.15, -0.1) is 0 Å². The Morgan fingerprint density at radius 1 is 1.47 bits per heavy atom. The highest BCUT2D eigenvalue weighted by molar-refractivity contribution is 7.86. The number of nitrogens with two attached hydrogens (primary N) is 1. The van der Waals surface area contributed by atoms with Crippen molar-refractivity contribution >= 4 is 10.2 Å². The first-order chi connectivity index (χ1) is 7.00. The lowest BCUT2D eigenvalue weighted by molar-refractivity contribution is 0.0700. The molecule has 0 spiro atoms. The molecule has 1 aliphatic rings. The topological polar surface area (TPSA) is 75.9 Å². The van der Waals surface area contributed by atoms with Gasteiger partial charge in [0.05, 0.1) is 13.2 Å². The van der Waals surface area contributed by atoms with Crippen molar-refractivity contribution in [1.82, 2.24) is 8.61 Å². The molecule has 1 heterocycles. The van der Waals surface area contributed by atoms with Crippen LogP contribution in [-0.2, 0) is 14.9 Å². The van der Waals surface area contributed by atoms with Gasteiger partial charge in [-0.25, -0.2) is 0 Å². The molecule has 0 amide bonds. The first-order valence-corrected chi connectivity index (χ1v) is 6.40. The molecule has 0 bridgehead atoms. The van der Waals surface area contributed by atoms with Crippen LogP contribution in [0.4, 0.5) is 0 Å². The number of morpholine rings is 1. The lowest BCUT2D eigenvalue weighted by Gasteiger charge is -2.32. The van der Waals surface area contributed by atoms with E-state index in [0.29, 0.717) is 32.8 Å². The standard InChI is InChI=1S/C8H19N3O3S/c1-8(7-9)10(2)15(12,13)11-3-5-14-6-4-11/h8H,3-7,9H2,1-2H3. The van der Waals surface area contributed by atoms with E-state index in [-0.39, 0.29) is 6.04 Å². The molecule has 0 aromatic rings. The van der Waals surface area contributed by atoms with E-state index >= 15 is 0 Å². The molecule has 1 rings (SSSR count). The largest absolute Gasteiger partial charge is 0.379 e. The van der Waals surface area contributed by atoms with E-state index in [2.05, 4.69) is 0 Å². The quantitative estimate of drug-likeness (QED) is 0.669. The van der Waals surface area contributed by atoms with Crippen molar-refractivity contribution < 1.29 is 13.2 Å². The SMILES string of the molecule is CC(CN)N(C)S(=O)(=O)N1CCOCC1. The zero-order valence-electron chi connectivity index (χ0n) is 9.22. The third-order valence-corrected chi connectivity index (χ3v) is 4.73. The molecule has 6 nitrogen and oxygen atoms in total. The average molecular weight is 237 g/mol. The van der Waals surface area contributed by atoms with Gasteiger partial charge in [0.15, 0.2) is 0 Å². The molecular formula is C8H19N3O3S. The van der Waals surface area contributed by atoms with Crippen LogP contribution in [0, 0.1) is 0 Å². The number of rotatable bonds is 4. The normalized spacial score (nSPS) is 21.9. The van der Waals surface area contributed by atoms with Crippen molar-refractivity contribution in [3.8, 4) is 0 Å². The second-order valence-electron chi connectivity index (χ2n) is 3.62. The predicted molar refractivity (Wildman–Crippen MR) is 57.6 cm³/mol. The predicted octanol–water partition coefficient (Wildman–Crippen LogP) is -1.16. The van der Waals surface area contributed by atoms with Crippen molar-refractivity contribution in [3.63, 3.8) is 0 Å². The van der Waals surface area contributed by atoms with Crippen LogP contribution in [0.5, 0.6) is 0 Å². The molecule has 2 N–H and O–H groups in total. The monoisotopic (exact) mass is 237 g/mol. The van der Waals surface area contributed by atoms with Crippen molar-refractivity contribution in [2.45, 2.75) is 13.0 Å². The summed E-state index contributed by atoms with van der Waals surface area (Å²) in [7, 11) is -1.81. The van der Waals surface area contributed by atoms with Gasteiger partial charge in [0.25, 0.3) is 10.2 Å². The van der Waals surface area contributed by atoms with Crippen molar-refractivity contribution in [1.29, 1.82) is 0 Å². The summed E-state index contributed by atoms with van der Waals surface area (Å²) in [4.78, 5) is 0. The Morgan fingerprint density at radius 2 is 2.00 bits per heavy atom. The van der Waals surface area contributed by atoms with Gasteiger partial charge < -0.3 is 10.5 Å². The number of nitrogens with zero attached hydrogens (tertiary/aromatic N) is 2. The highest BCUT2D eigenvalue weighted by Gasteiger charge is 2.30. The fraction of sp³-hybridized carbons (Fsp3) is 1.00. The Kier molecular flexibility index (Phi) is 4.47. The van der Waals surface area contributed by atoms with Gasteiger partial charge in [-0.05, 0) is 6.92 Å². The van der Waals surface area contributed by atoms with E-state index in [0.717, 1.165) is 0 Å². The summed E-state index contributed by atoms with van der Waals surface area (Å²) in [6.45, 7) is 3.88. The molecule has 0 saturated carbocycles. The van der Waals surface area contributed by atoms with E-state index in [1.165, 1.54) is 8.61 Å². The molecule has 1 fully saturated rings. The molecule has 0 aromatic heterocycles. The Bertz CT molecular complexity index is 280. The van der Waals surface area contributed by atoms with Gasteiger partial charge in [0.1, 0.15) is 0 Å². The zero-order valence-corrected chi connectivity index (χ0v) is 10.0. The van der Waals surface area contributed by atoms with Gasteiger partial charge >= 0.3 is 0 Å². The van der Waals surface area contributed by atoms with E-state index in [4.69, 9.17) is 10.5 Å². The fourth-order valence-electron chi connectivity index (χ4n) is 1.34. The highest BCUT2D eigenvalue weighted by atomic mass is 32.2. The van der Waals surface area contributed by atoms with Crippen LogP contribution >= 0.6 is 0 Å². The summed E-state index contributed by atoms with van der Waals surface area (Å²) < 4.78 is 31.9. The Hall–Kier alpha value is -0.210. The lowest BCUT2D eigenvalue weighted by atomic mass is 10.4. The van der Waals surface area contributed by atoms with Crippen LogP contribution < -0.4 is 5.73 Å². The second kappa shape index (κ2) is 5.22.